The van der Waals surface area contributed by atoms with E-state index in [0.29, 0.717) is 35.5 Å². The number of aromatic nitrogens is 1. The summed E-state index contributed by atoms with van der Waals surface area (Å²) in [6.45, 7) is 0.919. The molecule has 1 unspecified atom stereocenters. The van der Waals surface area contributed by atoms with Crippen molar-refractivity contribution < 1.29 is 9.18 Å². The number of nitrogens with one attached hydrogen (secondary N) is 1. The van der Waals surface area contributed by atoms with Gasteiger partial charge in [0, 0.05) is 24.9 Å². The normalized spacial score (nSPS) is 15.2. The van der Waals surface area contributed by atoms with Crippen molar-refractivity contribution in [1.82, 2.24) is 15.2 Å². The van der Waals surface area contributed by atoms with E-state index < -0.39 is 15.8 Å². The van der Waals surface area contributed by atoms with Crippen molar-refractivity contribution in [2.75, 3.05) is 18.0 Å². The average Bonchev–Trinajstić information content (AvgIpc) is 3.16. The van der Waals surface area contributed by atoms with E-state index in [-0.39, 0.29) is 12.3 Å². The Balaban J connectivity index is 1.51. The summed E-state index contributed by atoms with van der Waals surface area (Å²) in [5, 5.41) is 3.86. The van der Waals surface area contributed by atoms with Crippen LogP contribution in [0.4, 0.5) is 10.1 Å². The Morgan fingerprint density at radius 3 is 2.64 bits per heavy atom. The highest BCUT2D eigenvalue weighted by atomic mass is 35.6. The highest BCUT2D eigenvalue weighted by Gasteiger charge is 2.43. The number of carbonyl (C=O) groups is 1. The van der Waals surface area contributed by atoms with Gasteiger partial charge in [-0.25, -0.2) is 4.39 Å². The third-order valence-corrected chi connectivity index (χ3v) is 6.47. The fraction of sp³-hybridized carbons (Fsp3) is 0.261. The lowest BCUT2D eigenvalue weighted by Gasteiger charge is -2.35. The number of halogens is 4. The van der Waals surface area contributed by atoms with Crippen LogP contribution in [0.1, 0.15) is 12.0 Å². The summed E-state index contributed by atoms with van der Waals surface area (Å²) in [6, 6.07) is 16.5. The lowest BCUT2D eigenvalue weighted by molar-refractivity contribution is -0.122. The van der Waals surface area contributed by atoms with E-state index in [9.17, 15) is 9.18 Å². The molecule has 1 amide bonds. The summed E-state index contributed by atoms with van der Waals surface area (Å²) >= 11 is 24.5. The van der Waals surface area contributed by atoms with Crippen LogP contribution in [-0.4, -0.2) is 44.0 Å². The number of amides is 1. The van der Waals surface area contributed by atoms with Crippen molar-refractivity contribution >= 4 is 74.6 Å². The van der Waals surface area contributed by atoms with E-state index in [2.05, 4.69) is 10.3 Å². The summed E-state index contributed by atoms with van der Waals surface area (Å²) < 4.78 is 11.8. The molecule has 1 saturated heterocycles. The standard InChI is InChI=1S/C23H20Cl3FN4OS/c24-23(25,26)21(29-19(32)10-9-15-5-2-1-3-6-15)31-12-11-30(22(31)33)18-8-4-7-16-13-17(27)14-28-20(16)18/h1-8,13-14,21H,9-12H2,(H,29,32). The number of rotatable bonds is 6. The average molecular weight is 526 g/mol. The van der Waals surface area contributed by atoms with Crippen molar-refractivity contribution in [2.24, 2.45) is 0 Å². The van der Waals surface area contributed by atoms with Gasteiger partial charge in [-0.2, -0.15) is 0 Å². The predicted molar refractivity (Wildman–Crippen MR) is 135 cm³/mol. The minimum Gasteiger partial charge on any atom is -0.332 e. The summed E-state index contributed by atoms with van der Waals surface area (Å²) in [5.74, 6) is -0.668. The molecule has 0 spiro atoms. The maximum absolute atomic E-state index is 13.6. The van der Waals surface area contributed by atoms with Crippen molar-refractivity contribution in [2.45, 2.75) is 22.8 Å². The molecule has 0 aliphatic carbocycles. The van der Waals surface area contributed by atoms with Crippen LogP contribution in [0.3, 0.4) is 0 Å². The fourth-order valence-corrected chi connectivity index (χ4v) is 4.72. The first-order valence-corrected chi connectivity index (χ1v) is 11.8. The zero-order valence-electron chi connectivity index (χ0n) is 17.3. The molecule has 0 bridgehead atoms. The summed E-state index contributed by atoms with van der Waals surface area (Å²) in [7, 11) is 0. The quantitative estimate of drug-likeness (QED) is 0.353. The van der Waals surface area contributed by atoms with Crippen molar-refractivity contribution in [3.63, 3.8) is 0 Å². The number of hydrogen-bond donors (Lipinski definition) is 1. The van der Waals surface area contributed by atoms with Gasteiger partial charge < -0.3 is 15.1 Å². The molecule has 0 saturated carbocycles. The van der Waals surface area contributed by atoms with Gasteiger partial charge in [-0.05, 0) is 36.3 Å². The molecule has 0 radical (unpaired) electrons. The van der Waals surface area contributed by atoms with Crippen molar-refractivity contribution in [3.8, 4) is 0 Å². The van der Waals surface area contributed by atoms with Crippen molar-refractivity contribution in [1.29, 1.82) is 0 Å². The number of carbonyl (C=O) groups excluding carboxylic acids is 1. The number of pyridine rings is 1. The van der Waals surface area contributed by atoms with E-state index in [1.165, 1.54) is 12.3 Å². The maximum atomic E-state index is 13.6. The molecule has 1 fully saturated rings. The number of para-hydroxylation sites is 1. The van der Waals surface area contributed by atoms with Gasteiger partial charge >= 0.3 is 0 Å². The number of anilines is 1. The Bertz CT molecular complexity index is 1180. The monoisotopic (exact) mass is 524 g/mol. The summed E-state index contributed by atoms with van der Waals surface area (Å²) in [5.41, 5.74) is 2.37. The topological polar surface area (TPSA) is 48.5 Å². The molecule has 1 N–H and O–H groups in total. The van der Waals surface area contributed by atoms with Crippen LogP contribution in [0.5, 0.6) is 0 Å². The second-order valence-electron chi connectivity index (χ2n) is 7.63. The third-order valence-electron chi connectivity index (χ3n) is 5.39. The van der Waals surface area contributed by atoms with Crippen LogP contribution < -0.4 is 10.2 Å². The lowest BCUT2D eigenvalue weighted by Crippen LogP contribution is -2.56. The molecule has 1 atom stereocenters. The van der Waals surface area contributed by atoms with Gasteiger partial charge in [-0.3, -0.25) is 9.78 Å². The van der Waals surface area contributed by atoms with Crippen LogP contribution in [0.25, 0.3) is 10.9 Å². The molecule has 5 nitrogen and oxygen atoms in total. The molecule has 2 aromatic carbocycles. The molecule has 3 aromatic rings. The zero-order chi connectivity index (χ0) is 23.6. The molecule has 33 heavy (non-hydrogen) atoms. The van der Waals surface area contributed by atoms with Gasteiger partial charge in [0.2, 0.25) is 9.70 Å². The minimum atomic E-state index is -1.82. The summed E-state index contributed by atoms with van der Waals surface area (Å²) in [6.07, 6.45) is 1.02. The van der Waals surface area contributed by atoms with E-state index >= 15 is 0 Å². The fourth-order valence-electron chi connectivity index (χ4n) is 3.82. The Labute approximate surface area is 211 Å². The second-order valence-corrected chi connectivity index (χ2v) is 10.4. The smallest absolute Gasteiger partial charge is 0.228 e. The van der Waals surface area contributed by atoms with E-state index in [1.807, 2.05) is 47.4 Å². The molecule has 2 heterocycles. The summed E-state index contributed by atoms with van der Waals surface area (Å²) in [4.78, 5) is 20.5. The number of aryl methyl sites for hydroxylation is 1. The van der Waals surface area contributed by atoms with E-state index in [0.717, 1.165) is 11.3 Å². The first kappa shape index (κ1) is 24.0. The molecular formula is C23H20Cl3FN4OS. The number of benzene rings is 2. The molecule has 10 heteroatoms. The van der Waals surface area contributed by atoms with Crippen LogP contribution in [0.15, 0.2) is 60.8 Å². The first-order chi connectivity index (χ1) is 15.7. The Morgan fingerprint density at radius 1 is 1.15 bits per heavy atom. The first-order valence-electron chi connectivity index (χ1n) is 10.3. The molecule has 1 aliphatic rings. The van der Waals surface area contributed by atoms with Gasteiger partial charge in [-0.1, -0.05) is 77.3 Å². The van der Waals surface area contributed by atoms with Crippen molar-refractivity contribution in [3.05, 3.63) is 72.2 Å². The molecule has 1 aromatic heterocycles. The Kier molecular flexibility index (Phi) is 7.24. The largest absolute Gasteiger partial charge is 0.332 e. The van der Waals surface area contributed by atoms with Gasteiger partial charge in [-0.15, -0.1) is 0 Å². The third kappa shape index (κ3) is 5.49. The number of nitrogens with zero attached hydrogens (tertiary/aromatic N) is 3. The van der Waals surface area contributed by atoms with Crippen LogP contribution in [0.2, 0.25) is 0 Å². The Morgan fingerprint density at radius 2 is 1.91 bits per heavy atom. The highest BCUT2D eigenvalue weighted by Crippen LogP contribution is 2.36. The number of alkyl halides is 3. The zero-order valence-corrected chi connectivity index (χ0v) is 20.4. The number of hydrogen-bond acceptors (Lipinski definition) is 3. The highest BCUT2D eigenvalue weighted by molar-refractivity contribution is 7.80. The predicted octanol–water partition coefficient (Wildman–Crippen LogP) is 5.23. The van der Waals surface area contributed by atoms with Crippen LogP contribution >= 0.6 is 47.0 Å². The Hall–Kier alpha value is -2.19. The molecule has 1 aliphatic heterocycles. The maximum Gasteiger partial charge on any atom is 0.228 e. The second kappa shape index (κ2) is 9.97. The van der Waals surface area contributed by atoms with Gasteiger partial charge in [0.1, 0.15) is 5.82 Å². The van der Waals surface area contributed by atoms with E-state index in [1.54, 1.807) is 11.0 Å². The molecule has 4 rings (SSSR count). The molecular weight excluding hydrogens is 506 g/mol. The lowest BCUT2D eigenvalue weighted by atomic mass is 10.1. The minimum absolute atomic E-state index is 0.240. The SMILES string of the molecule is O=C(CCc1ccccc1)NC(N1CCN(c2cccc3cc(F)cnc23)C1=S)C(Cl)(Cl)Cl. The van der Waals surface area contributed by atoms with Gasteiger partial charge in [0.15, 0.2) is 11.3 Å². The van der Waals surface area contributed by atoms with Crippen LogP contribution in [-0.2, 0) is 11.2 Å². The number of thiocarbonyl (C=S) groups is 1. The van der Waals surface area contributed by atoms with Gasteiger partial charge in [0.25, 0.3) is 0 Å². The van der Waals surface area contributed by atoms with Crippen LogP contribution in [0, 0.1) is 5.82 Å². The number of fused-ring (bicyclic) bond motifs is 1. The van der Waals surface area contributed by atoms with E-state index in [4.69, 9.17) is 47.0 Å². The van der Waals surface area contributed by atoms with Gasteiger partial charge in [0.05, 0.1) is 17.4 Å². The molecule has 172 valence electrons.